The van der Waals surface area contributed by atoms with Crippen molar-refractivity contribution in [3.8, 4) is 0 Å². The monoisotopic (exact) mass is 265 g/mol. The maximum Gasteiger partial charge on any atom is 0.189 e. The zero-order valence-corrected chi connectivity index (χ0v) is 12.4. The summed E-state index contributed by atoms with van der Waals surface area (Å²) in [6, 6.07) is 0.649. The van der Waals surface area contributed by atoms with E-state index in [0.717, 1.165) is 19.4 Å². The number of ketones is 1. The van der Waals surface area contributed by atoms with Gasteiger partial charge in [-0.2, -0.15) is 0 Å². The molecular formula is C16H29N2O+. The Balaban J connectivity index is 1.60. The van der Waals surface area contributed by atoms with Crippen LogP contribution in [-0.2, 0) is 4.79 Å². The predicted octanol–water partition coefficient (Wildman–Crippen LogP) is 1.23. The molecule has 3 rings (SSSR count). The van der Waals surface area contributed by atoms with Gasteiger partial charge in [0.1, 0.15) is 12.7 Å². The molecule has 1 saturated carbocycles. The van der Waals surface area contributed by atoms with E-state index in [9.17, 15) is 4.79 Å². The molecule has 0 bridgehead atoms. The Morgan fingerprint density at radius 1 is 1.11 bits per heavy atom. The molecule has 2 heterocycles. The second-order valence-corrected chi connectivity index (χ2v) is 6.96. The second kappa shape index (κ2) is 5.92. The van der Waals surface area contributed by atoms with Crippen LogP contribution in [0.4, 0.5) is 0 Å². The molecule has 0 aromatic carbocycles. The summed E-state index contributed by atoms with van der Waals surface area (Å²) in [5.41, 5.74) is 0. The molecule has 1 aliphatic carbocycles. The summed E-state index contributed by atoms with van der Waals surface area (Å²) in [6.45, 7) is 5.60. The van der Waals surface area contributed by atoms with Crippen LogP contribution in [0.5, 0.6) is 0 Å². The van der Waals surface area contributed by atoms with Gasteiger partial charge < -0.3 is 4.90 Å². The van der Waals surface area contributed by atoms with Crippen molar-refractivity contribution >= 4 is 5.78 Å². The van der Waals surface area contributed by atoms with Crippen molar-refractivity contribution < 1.29 is 9.69 Å². The molecule has 19 heavy (non-hydrogen) atoms. The molecule has 3 aliphatic rings. The SMILES string of the molecule is CC1CN2CCCCC2[NH+]1CC(=O)C1CCCCC1. The molecule has 0 aromatic rings. The van der Waals surface area contributed by atoms with E-state index in [1.165, 1.54) is 51.6 Å². The standard InChI is InChI=1S/C16H28N2O/c1-13-11-17-10-6-5-9-16(17)18(13)12-15(19)14-7-3-2-4-8-14/h13-14,16H,2-12H2,1H3/p+1. The third-order valence-corrected chi connectivity index (χ3v) is 5.62. The Morgan fingerprint density at radius 2 is 1.84 bits per heavy atom. The van der Waals surface area contributed by atoms with Gasteiger partial charge in [-0.1, -0.05) is 19.3 Å². The first-order valence-corrected chi connectivity index (χ1v) is 8.38. The molecule has 0 aromatic heterocycles. The quantitative estimate of drug-likeness (QED) is 0.830. The van der Waals surface area contributed by atoms with Crippen LogP contribution in [0.1, 0.15) is 58.3 Å². The predicted molar refractivity (Wildman–Crippen MR) is 76.1 cm³/mol. The van der Waals surface area contributed by atoms with Gasteiger partial charge in [0.25, 0.3) is 0 Å². The van der Waals surface area contributed by atoms with E-state index in [4.69, 9.17) is 0 Å². The number of carbonyl (C=O) groups is 1. The number of fused-ring (bicyclic) bond motifs is 1. The van der Waals surface area contributed by atoms with Crippen molar-refractivity contribution in [3.63, 3.8) is 0 Å². The third-order valence-electron chi connectivity index (χ3n) is 5.62. The number of carbonyl (C=O) groups excluding carboxylic acids is 1. The molecule has 0 radical (unpaired) electrons. The van der Waals surface area contributed by atoms with Crippen molar-refractivity contribution in [2.45, 2.75) is 70.5 Å². The number of rotatable bonds is 3. The molecule has 3 fully saturated rings. The summed E-state index contributed by atoms with van der Waals surface area (Å²) in [7, 11) is 0. The minimum atomic E-state index is 0.395. The van der Waals surface area contributed by atoms with Gasteiger partial charge in [0.15, 0.2) is 5.78 Å². The molecule has 2 aliphatic heterocycles. The van der Waals surface area contributed by atoms with E-state index in [-0.39, 0.29) is 0 Å². The number of hydrogen-bond donors (Lipinski definition) is 1. The Kier molecular flexibility index (Phi) is 4.23. The lowest BCUT2D eigenvalue weighted by Gasteiger charge is -2.32. The maximum atomic E-state index is 12.5. The normalized spacial score (nSPS) is 37.2. The van der Waals surface area contributed by atoms with Gasteiger partial charge in [-0.3, -0.25) is 4.79 Å². The van der Waals surface area contributed by atoms with Crippen molar-refractivity contribution in [2.24, 2.45) is 5.92 Å². The van der Waals surface area contributed by atoms with Gasteiger partial charge in [0, 0.05) is 18.9 Å². The fourth-order valence-electron chi connectivity index (χ4n) is 4.49. The van der Waals surface area contributed by atoms with Crippen LogP contribution in [-0.4, -0.2) is 42.5 Å². The van der Waals surface area contributed by atoms with Gasteiger partial charge in [0.05, 0.1) is 12.6 Å². The van der Waals surface area contributed by atoms with E-state index in [2.05, 4.69) is 11.8 Å². The first-order valence-electron chi connectivity index (χ1n) is 8.38. The topological polar surface area (TPSA) is 24.8 Å². The van der Waals surface area contributed by atoms with Gasteiger partial charge in [-0.15, -0.1) is 0 Å². The highest BCUT2D eigenvalue weighted by Crippen LogP contribution is 2.24. The summed E-state index contributed by atoms with van der Waals surface area (Å²) >= 11 is 0. The van der Waals surface area contributed by atoms with Gasteiger partial charge in [-0.25, -0.2) is 4.90 Å². The minimum Gasteiger partial charge on any atom is -0.310 e. The van der Waals surface area contributed by atoms with Crippen LogP contribution < -0.4 is 4.90 Å². The molecule has 3 atom stereocenters. The van der Waals surface area contributed by atoms with E-state index in [1.807, 2.05) is 0 Å². The summed E-state index contributed by atoms with van der Waals surface area (Å²) in [4.78, 5) is 16.8. The van der Waals surface area contributed by atoms with Crippen LogP contribution in [0.2, 0.25) is 0 Å². The lowest BCUT2D eigenvalue weighted by Crippen LogP contribution is -3.18. The molecule has 3 unspecified atom stereocenters. The molecule has 0 amide bonds. The summed E-state index contributed by atoms with van der Waals surface area (Å²) < 4.78 is 0. The number of piperidine rings is 1. The van der Waals surface area contributed by atoms with Gasteiger partial charge in [0.2, 0.25) is 0 Å². The van der Waals surface area contributed by atoms with Gasteiger partial charge >= 0.3 is 0 Å². The third kappa shape index (κ3) is 2.87. The molecule has 3 heteroatoms. The average Bonchev–Trinajstić information content (AvgIpc) is 2.76. The Labute approximate surface area is 117 Å². The largest absolute Gasteiger partial charge is 0.310 e. The number of nitrogens with zero attached hydrogens (tertiary/aromatic N) is 1. The number of nitrogens with one attached hydrogen (secondary N) is 1. The lowest BCUT2D eigenvalue weighted by molar-refractivity contribution is -0.932. The highest BCUT2D eigenvalue weighted by molar-refractivity contribution is 5.82. The molecule has 108 valence electrons. The van der Waals surface area contributed by atoms with Crippen molar-refractivity contribution in [1.29, 1.82) is 0 Å². The first kappa shape index (κ1) is 13.6. The maximum absolute atomic E-state index is 12.5. The smallest absolute Gasteiger partial charge is 0.189 e. The van der Waals surface area contributed by atoms with E-state index in [1.54, 1.807) is 4.90 Å². The zero-order valence-electron chi connectivity index (χ0n) is 12.4. The van der Waals surface area contributed by atoms with E-state index >= 15 is 0 Å². The van der Waals surface area contributed by atoms with Crippen LogP contribution in [0.15, 0.2) is 0 Å². The number of quaternary nitrogens is 1. The van der Waals surface area contributed by atoms with Crippen molar-refractivity contribution in [1.82, 2.24) is 4.90 Å². The van der Waals surface area contributed by atoms with Gasteiger partial charge in [-0.05, 0) is 32.6 Å². The first-order chi connectivity index (χ1) is 9.25. The average molecular weight is 265 g/mol. The summed E-state index contributed by atoms with van der Waals surface area (Å²) in [5.74, 6) is 0.958. The number of hydrogen-bond acceptors (Lipinski definition) is 2. The van der Waals surface area contributed by atoms with Crippen LogP contribution in [0.25, 0.3) is 0 Å². The fraction of sp³-hybridized carbons (Fsp3) is 0.938. The summed E-state index contributed by atoms with van der Waals surface area (Å²) in [5, 5.41) is 0. The number of Topliss-reactive ketones (excluding diaryl/α,β-unsaturated/α-hetero) is 1. The molecule has 3 nitrogen and oxygen atoms in total. The van der Waals surface area contributed by atoms with Crippen LogP contribution >= 0.6 is 0 Å². The van der Waals surface area contributed by atoms with Crippen molar-refractivity contribution in [2.75, 3.05) is 19.6 Å². The lowest BCUT2D eigenvalue weighted by atomic mass is 9.86. The van der Waals surface area contributed by atoms with E-state index in [0.29, 0.717) is 23.9 Å². The minimum absolute atomic E-state index is 0.395. The second-order valence-electron chi connectivity index (χ2n) is 6.96. The Bertz CT molecular complexity index is 325. The molecule has 0 spiro atoms. The van der Waals surface area contributed by atoms with E-state index < -0.39 is 0 Å². The molecule has 2 saturated heterocycles. The Hall–Kier alpha value is -0.410. The molecular weight excluding hydrogens is 236 g/mol. The highest BCUT2D eigenvalue weighted by Gasteiger charge is 2.43. The van der Waals surface area contributed by atoms with Crippen molar-refractivity contribution in [3.05, 3.63) is 0 Å². The van der Waals surface area contributed by atoms with Crippen LogP contribution in [0, 0.1) is 5.92 Å². The van der Waals surface area contributed by atoms with Crippen LogP contribution in [0.3, 0.4) is 0 Å². The summed E-state index contributed by atoms with van der Waals surface area (Å²) in [6.07, 6.45) is 10.9. The fourth-order valence-corrected chi connectivity index (χ4v) is 4.49. The zero-order chi connectivity index (χ0) is 13.2. The highest BCUT2D eigenvalue weighted by atomic mass is 16.1. The Morgan fingerprint density at radius 3 is 2.63 bits per heavy atom. The molecule has 1 N–H and O–H groups in total.